The van der Waals surface area contributed by atoms with Gasteiger partial charge >= 0.3 is 0 Å². The van der Waals surface area contributed by atoms with Gasteiger partial charge < -0.3 is 15.4 Å². The molecule has 4 nitrogen and oxygen atoms in total. The molecule has 0 aliphatic heterocycles. The molecule has 0 rings (SSSR count). The summed E-state index contributed by atoms with van der Waals surface area (Å²) in [6.45, 7) is 1.95. The molecular weight excluding hydrogens is 144 g/mol. The minimum atomic E-state index is 0.0161. The Morgan fingerprint density at radius 2 is 2.27 bits per heavy atom. The summed E-state index contributed by atoms with van der Waals surface area (Å²) in [5.41, 5.74) is 0. The monoisotopic (exact) mass is 160 g/mol. The molecule has 0 radical (unpaired) electrons. The Kier molecular flexibility index (Phi) is 7.08. The standard InChI is InChI=1S/C7H16N2O2/c1-8-7(10)6-9-4-3-5-11-2/h9H,3-6H2,1-2H3,(H,8,10). The number of hydrogen-bond acceptors (Lipinski definition) is 3. The van der Waals surface area contributed by atoms with E-state index in [1.54, 1.807) is 14.2 Å². The molecule has 0 fully saturated rings. The Bertz CT molecular complexity index is 107. The van der Waals surface area contributed by atoms with Crippen LogP contribution >= 0.6 is 0 Å². The first kappa shape index (κ1) is 10.4. The minimum absolute atomic E-state index is 0.0161. The largest absolute Gasteiger partial charge is 0.385 e. The summed E-state index contributed by atoms with van der Waals surface area (Å²) in [5, 5.41) is 5.50. The van der Waals surface area contributed by atoms with E-state index in [0.717, 1.165) is 19.6 Å². The number of hydrogen-bond donors (Lipinski definition) is 2. The molecular formula is C7H16N2O2. The van der Waals surface area contributed by atoms with Gasteiger partial charge in [0.25, 0.3) is 0 Å². The van der Waals surface area contributed by atoms with Crippen LogP contribution in [0.25, 0.3) is 0 Å². The molecule has 1 amide bonds. The van der Waals surface area contributed by atoms with Gasteiger partial charge in [-0.3, -0.25) is 4.79 Å². The Hall–Kier alpha value is -0.610. The van der Waals surface area contributed by atoms with E-state index in [1.165, 1.54) is 0 Å². The van der Waals surface area contributed by atoms with Crippen LogP contribution < -0.4 is 10.6 Å². The molecule has 0 aromatic rings. The van der Waals surface area contributed by atoms with Crippen LogP contribution in [0.3, 0.4) is 0 Å². The lowest BCUT2D eigenvalue weighted by molar-refractivity contribution is -0.119. The van der Waals surface area contributed by atoms with Crippen LogP contribution in [0.2, 0.25) is 0 Å². The van der Waals surface area contributed by atoms with Crippen molar-refractivity contribution in [2.24, 2.45) is 0 Å². The molecule has 0 atom stereocenters. The SMILES string of the molecule is CNC(=O)CNCCCOC. The van der Waals surface area contributed by atoms with E-state index in [1.807, 2.05) is 0 Å². The van der Waals surface area contributed by atoms with Crippen molar-refractivity contribution in [3.63, 3.8) is 0 Å². The van der Waals surface area contributed by atoms with Gasteiger partial charge in [-0.05, 0) is 13.0 Å². The molecule has 0 aromatic carbocycles. The second-order valence-electron chi connectivity index (χ2n) is 2.20. The quantitative estimate of drug-likeness (QED) is 0.508. The third kappa shape index (κ3) is 7.29. The van der Waals surface area contributed by atoms with Crippen LogP contribution in [0.15, 0.2) is 0 Å². The van der Waals surface area contributed by atoms with Gasteiger partial charge in [-0.25, -0.2) is 0 Å². The first-order valence-corrected chi connectivity index (χ1v) is 3.71. The highest BCUT2D eigenvalue weighted by atomic mass is 16.5. The second-order valence-corrected chi connectivity index (χ2v) is 2.20. The fourth-order valence-corrected chi connectivity index (χ4v) is 0.632. The third-order valence-corrected chi connectivity index (χ3v) is 1.27. The zero-order chi connectivity index (χ0) is 8.53. The van der Waals surface area contributed by atoms with Crippen molar-refractivity contribution in [1.29, 1.82) is 0 Å². The van der Waals surface area contributed by atoms with Crippen molar-refractivity contribution in [2.75, 3.05) is 33.9 Å². The van der Waals surface area contributed by atoms with E-state index < -0.39 is 0 Å². The van der Waals surface area contributed by atoms with Gasteiger partial charge in [-0.15, -0.1) is 0 Å². The zero-order valence-corrected chi connectivity index (χ0v) is 7.14. The molecule has 0 saturated carbocycles. The summed E-state index contributed by atoms with van der Waals surface area (Å²) >= 11 is 0. The Labute approximate surface area is 67.3 Å². The van der Waals surface area contributed by atoms with Crippen LogP contribution in [0.4, 0.5) is 0 Å². The van der Waals surface area contributed by atoms with Gasteiger partial charge in [0.1, 0.15) is 0 Å². The van der Waals surface area contributed by atoms with Crippen molar-refractivity contribution in [2.45, 2.75) is 6.42 Å². The van der Waals surface area contributed by atoms with Crippen molar-refractivity contribution in [1.82, 2.24) is 10.6 Å². The molecule has 0 heterocycles. The van der Waals surface area contributed by atoms with Gasteiger partial charge in [0.05, 0.1) is 6.54 Å². The lowest BCUT2D eigenvalue weighted by atomic mass is 10.4. The van der Waals surface area contributed by atoms with E-state index in [0.29, 0.717) is 6.54 Å². The molecule has 0 saturated heterocycles. The maximum atomic E-state index is 10.6. The summed E-state index contributed by atoms with van der Waals surface area (Å²) in [6.07, 6.45) is 0.938. The average Bonchev–Trinajstić information content (AvgIpc) is 2.04. The molecule has 2 N–H and O–H groups in total. The predicted molar refractivity (Wildman–Crippen MR) is 43.4 cm³/mol. The molecule has 0 aliphatic carbocycles. The van der Waals surface area contributed by atoms with Crippen molar-refractivity contribution in [3.8, 4) is 0 Å². The average molecular weight is 160 g/mol. The van der Waals surface area contributed by atoms with Crippen molar-refractivity contribution >= 4 is 5.91 Å². The van der Waals surface area contributed by atoms with Gasteiger partial charge in [-0.1, -0.05) is 0 Å². The van der Waals surface area contributed by atoms with Crippen molar-refractivity contribution in [3.05, 3.63) is 0 Å². The highest BCUT2D eigenvalue weighted by molar-refractivity contribution is 5.77. The first-order valence-electron chi connectivity index (χ1n) is 3.71. The number of methoxy groups -OCH3 is 1. The van der Waals surface area contributed by atoms with Crippen molar-refractivity contribution < 1.29 is 9.53 Å². The number of ether oxygens (including phenoxy) is 1. The molecule has 0 unspecified atom stereocenters. The normalized spacial score (nSPS) is 9.64. The van der Waals surface area contributed by atoms with E-state index in [9.17, 15) is 4.79 Å². The van der Waals surface area contributed by atoms with Crippen LogP contribution in [0.1, 0.15) is 6.42 Å². The Morgan fingerprint density at radius 1 is 1.55 bits per heavy atom. The fraction of sp³-hybridized carbons (Fsp3) is 0.857. The van der Waals surface area contributed by atoms with E-state index in [2.05, 4.69) is 10.6 Å². The lowest BCUT2D eigenvalue weighted by Gasteiger charge is -2.02. The number of carbonyl (C=O) groups excluding carboxylic acids is 1. The third-order valence-electron chi connectivity index (χ3n) is 1.27. The topological polar surface area (TPSA) is 50.4 Å². The van der Waals surface area contributed by atoms with E-state index >= 15 is 0 Å². The number of carbonyl (C=O) groups is 1. The molecule has 11 heavy (non-hydrogen) atoms. The summed E-state index contributed by atoms with van der Waals surface area (Å²) in [4.78, 5) is 10.6. The van der Waals surface area contributed by atoms with Crippen LogP contribution in [-0.2, 0) is 9.53 Å². The molecule has 0 aromatic heterocycles. The Morgan fingerprint density at radius 3 is 2.82 bits per heavy atom. The molecule has 66 valence electrons. The fourth-order valence-electron chi connectivity index (χ4n) is 0.632. The van der Waals surface area contributed by atoms with Crippen LogP contribution in [0.5, 0.6) is 0 Å². The van der Waals surface area contributed by atoms with Gasteiger partial charge in [0, 0.05) is 20.8 Å². The molecule has 4 heteroatoms. The number of likely N-dealkylation sites (N-methyl/N-ethyl adjacent to an activating group) is 1. The highest BCUT2D eigenvalue weighted by Crippen LogP contribution is 1.75. The summed E-state index contributed by atoms with van der Waals surface area (Å²) in [5.74, 6) is 0.0161. The molecule has 0 aliphatic rings. The Balaban J connectivity index is 2.95. The predicted octanol–water partition coefficient (Wildman–Crippen LogP) is -0.642. The summed E-state index contributed by atoms with van der Waals surface area (Å²) < 4.78 is 4.83. The van der Waals surface area contributed by atoms with E-state index in [-0.39, 0.29) is 5.91 Å². The summed E-state index contributed by atoms with van der Waals surface area (Å²) in [6, 6.07) is 0. The minimum Gasteiger partial charge on any atom is -0.385 e. The number of rotatable bonds is 6. The van der Waals surface area contributed by atoms with Gasteiger partial charge in [0.2, 0.25) is 5.91 Å². The van der Waals surface area contributed by atoms with Gasteiger partial charge in [-0.2, -0.15) is 0 Å². The maximum Gasteiger partial charge on any atom is 0.233 e. The number of nitrogens with one attached hydrogen (secondary N) is 2. The lowest BCUT2D eigenvalue weighted by Crippen LogP contribution is -2.32. The second kappa shape index (κ2) is 7.50. The zero-order valence-electron chi connectivity index (χ0n) is 7.14. The molecule has 0 bridgehead atoms. The first-order chi connectivity index (χ1) is 5.31. The van der Waals surface area contributed by atoms with Gasteiger partial charge in [0.15, 0.2) is 0 Å². The van der Waals surface area contributed by atoms with Crippen LogP contribution in [-0.4, -0.2) is 39.8 Å². The number of amides is 1. The maximum absolute atomic E-state index is 10.6. The van der Waals surface area contributed by atoms with Crippen LogP contribution in [0, 0.1) is 0 Å². The molecule has 0 spiro atoms. The summed E-state index contributed by atoms with van der Waals surface area (Å²) in [7, 11) is 3.29. The van der Waals surface area contributed by atoms with E-state index in [4.69, 9.17) is 4.74 Å². The highest BCUT2D eigenvalue weighted by Gasteiger charge is 1.94. The smallest absolute Gasteiger partial charge is 0.233 e.